The molecule has 2 rings (SSSR count). The van der Waals surface area contributed by atoms with Gasteiger partial charge in [-0.3, -0.25) is 15.2 Å². The summed E-state index contributed by atoms with van der Waals surface area (Å²) in [5, 5.41) is 11.3. The van der Waals surface area contributed by atoms with Crippen LogP contribution in [0.5, 0.6) is 0 Å². The highest BCUT2D eigenvalue weighted by molar-refractivity contribution is 6.30. The van der Waals surface area contributed by atoms with Crippen LogP contribution < -0.4 is 10.4 Å². The third kappa shape index (κ3) is 4.70. The lowest BCUT2D eigenvalue weighted by Crippen LogP contribution is -2.51. The van der Waals surface area contributed by atoms with Crippen LogP contribution in [0, 0.1) is 17.2 Å². The second kappa shape index (κ2) is 8.15. The Morgan fingerprint density at radius 2 is 1.96 bits per heavy atom. The summed E-state index contributed by atoms with van der Waals surface area (Å²) < 4.78 is 0. The van der Waals surface area contributed by atoms with Crippen molar-refractivity contribution in [3.8, 4) is 6.07 Å². The Morgan fingerprint density at radius 3 is 2.54 bits per heavy atom. The van der Waals surface area contributed by atoms with Gasteiger partial charge in [-0.1, -0.05) is 37.6 Å². The fraction of sp³-hybridized carbons (Fsp3) is 0.368. The van der Waals surface area contributed by atoms with Gasteiger partial charge in [-0.05, 0) is 37.5 Å². The Morgan fingerprint density at radius 1 is 1.31 bits per heavy atom. The van der Waals surface area contributed by atoms with E-state index in [0.717, 1.165) is 5.56 Å². The normalized spacial score (nSPS) is 11.1. The maximum atomic E-state index is 13.0. The van der Waals surface area contributed by atoms with Gasteiger partial charge in [0, 0.05) is 23.8 Å². The Labute approximate surface area is 158 Å². The van der Waals surface area contributed by atoms with Gasteiger partial charge in [0.25, 0.3) is 0 Å². The molecule has 2 aromatic rings. The maximum absolute atomic E-state index is 13.0. The predicted octanol–water partition coefficient (Wildman–Crippen LogP) is 3.47. The summed E-state index contributed by atoms with van der Waals surface area (Å²) in [6.45, 7) is 8.32. The van der Waals surface area contributed by atoms with E-state index in [1.54, 1.807) is 23.2 Å². The van der Waals surface area contributed by atoms with Gasteiger partial charge in [0.2, 0.25) is 11.7 Å². The highest BCUT2D eigenvalue weighted by Gasteiger charge is 2.31. The summed E-state index contributed by atoms with van der Waals surface area (Å²) in [4.78, 5) is 21.0. The number of nitrogens with one attached hydrogen (secondary N) is 1. The maximum Gasteiger partial charge on any atom is 0.248 e. The quantitative estimate of drug-likeness (QED) is 0.786. The molecule has 0 saturated carbocycles. The first kappa shape index (κ1) is 19.7. The van der Waals surface area contributed by atoms with Gasteiger partial charge in [0.05, 0.1) is 5.41 Å². The van der Waals surface area contributed by atoms with Crippen molar-refractivity contribution >= 4 is 23.3 Å². The first-order chi connectivity index (χ1) is 12.2. The molecule has 0 unspecified atom stereocenters. The molecule has 0 atom stereocenters. The fourth-order valence-corrected chi connectivity index (χ4v) is 2.50. The van der Waals surface area contributed by atoms with Crippen LogP contribution in [0.1, 0.15) is 39.1 Å². The molecule has 0 radical (unpaired) electrons. The van der Waals surface area contributed by atoms with Crippen molar-refractivity contribution in [2.45, 2.75) is 33.1 Å². The SMILES string of the molecule is CC(C)CN(NC(=O)C(C)(C)c1ccc(Cl)cc1)c1ccnc(C#N)n1. The van der Waals surface area contributed by atoms with Gasteiger partial charge in [-0.25, -0.2) is 4.98 Å². The summed E-state index contributed by atoms with van der Waals surface area (Å²) in [6.07, 6.45) is 1.50. The van der Waals surface area contributed by atoms with E-state index in [1.807, 2.05) is 45.9 Å². The van der Waals surface area contributed by atoms with Crippen LogP contribution >= 0.6 is 11.6 Å². The lowest BCUT2D eigenvalue weighted by molar-refractivity contribution is -0.125. The molecule has 1 heterocycles. The van der Waals surface area contributed by atoms with Crippen LogP contribution in [0.25, 0.3) is 0 Å². The molecule has 0 aliphatic heterocycles. The number of nitriles is 1. The van der Waals surface area contributed by atoms with E-state index in [2.05, 4.69) is 15.4 Å². The van der Waals surface area contributed by atoms with Crippen molar-refractivity contribution < 1.29 is 4.79 Å². The molecule has 1 aromatic carbocycles. The van der Waals surface area contributed by atoms with Crippen LogP contribution in [0.15, 0.2) is 36.5 Å². The number of halogens is 1. The molecule has 0 aliphatic rings. The smallest absolute Gasteiger partial charge is 0.248 e. The van der Waals surface area contributed by atoms with Crippen LogP contribution in [0.4, 0.5) is 5.82 Å². The molecule has 136 valence electrons. The Bertz CT molecular complexity index is 811. The Hall–Kier alpha value is -2.65. The molecule has 0 saturated heterocycles. The highest BCUT2D eigenvalue weighted by atomic mass is 35.5. The van der Waals surface area contributed by atoms with Crippen LogP contribution in [-0.2, 0) is 10.2 Å². The molecule has 0 fully saturated rings. The average Bonchev–Trinajstić information content (AvgIpc) is 2.61. The van der Waals surface area contributed by atoms with Crippen molar-refractivity contribution in [2.24, 2.45) is 5.92 Å². The molecule has 0 spiro atoms. The van der Waals surface area contributed by atoms with Gasteiger partial charge in [-0.15, -0.1) is 0 Å². The lowest BCUT2D eigenvalue weighted by Gasteiger charge is -2.31. The number of nitrogens with zero attached hydrogens (tertiary/aromatic N) is 4. The zero-order valence-corrected chi connectivity index (χ0v) is 16.1. The Balaban J connectivity index is 2.28. The molecular weight excluding hydrogens is 350 g/mol. The second-order valence-electron chi connectivity index (χ2n) is 6.93. The van der Waals surface area contributed by atoms with E-state index >= 15 is 0 Å². The summed E-state index contributed by atoms with van der Waals surface area (Å²) in [5.41, 5.74) is 3.01. The van der Waals surface area contributed by atoms with Crippen molar-refractivity contribution in [1.82, 2.24) is 15.4 Å². The summed E-state index contributed by atoms with van der Waals surface area (Å²) >= 11 is 5.94. The molecule has 26 heavy (non-hydrogen) atoms. The molecule has 0 aliphatic carbocycles. The summed E-state index contributed by atoms with van der Waals surface area (Å²) in [6, 6.07) is 10.8. The topological polar surface area (TPSA) is 81.9 Å². The zero-order valence-electron chi connectivity index (χ0n) is 15.3. The number of hydrogen-bond donors (Lipinski definition) is 1. The minimum Gasteiger partial charge on any atom is -0.272 e. The molecule has 6 nitrogen and oxygen atoms in total. The van der Waals surface area contributed by atoms with Crippen LogP contribution in [-0.4, -0.2) is 22.4 Å². The standard InChI is InChI=1S/C19H22ClN5O/c1-13(2)12-25(17-9-10-22-16(11-21)23-17)24-18(26)19(3,4)14-5-7-15(20)8-6-14/h5-10,13H,12H2,1-4H3,(H,24,26). The van der Waals surface area contributed by atoms with Gasteiger partial charge in [0.15, 0.2) is 5.82 Å². The molecule has 0 bridgehead atoms. The lowest BCUT2D eigenvalue weighted by atomic mass is 9.84. The van der Waals surface area contributed by atoms with Crippen molar-refractivity contribution in [3.05, 3.63) is 52.9 Å². The van der Waals surface area contributed by atoms with Crippen molar-refractivity contribution in [2.75, 3.05) is 11.6 Å². The van der Waals surface area contributed by atoms with Crippen LogP contribution in [0.2, 0.25) is 5.02 Å². The van der Waals surface area contributed by atoms with Crippen LogP contribution in [0.3, 0.4) is 0 Å². The number of hydrogen-bond acceptors (Lipinski definition) is 5. The number of rotatable bonds is 6. The second-order valence-corrected chi connectivity index (χ2v) is 7.36. The first-order valence-electron chi connectivity index (χ1n) is 8.32. The number of carbonyl (C=O) groups excluding carboxylic acids is 1. The minimum atomic E-state index is -0.773. The number of amides is 1. The van der Waals surface area contributed by atoms with E-state index in [4.69, 9.17) is 16.9 Å². The van der Waals surface area contributed by atoms with Crippen molar-refractivity contribution in [1.29, 1.82) is 5.26 Å². The largest absolute Gasteiger partial charge is 0.272 e. The van der Waals surface area contributed by atoms with Gasteiger partial charge in [0.1, 0.15) is 6.07 Å². The van der Waals surface area contributed by atoms with Crippen molar-refractivity contribution in [3.63, 3.8) is 0 Å². The van der Waals surface area contributed by atoms with E-state index in [-0.39, 0.29) is 17.6 Å². The molecule has 1 N–H and O–H groups in total. The van der Waals surface area contributed by atoms with Gasteiger partial charge in [-0.2, -0.15) is 10.2 Å². The summed E-state index contributed by atoms with van der Waals surface area (Å²) in [7, 11) is 0. The predicted molar refractivity (Wildman–Crippen MR) is 102 cm³/mol. The number of benzene rings is 1. The number of anilines is 1. The Kier molecular flexibility index (Phi) is 6.17. The number of aromatic nitrogens is 2. The fourth-order valence-electron chi connectivity index (χ4n) is 2.37. The molecule has 7 heteroatoms. The zero-order chi connectivity index (χ0) is 19.3. The third-order valence-electron chi connectivity index (χ3n) is 3.94. The molecule has 1 amide bonds. The number of hydrazine groups is 1. The van der Waals surface area contributed by atoms with Gasteiger partial charge >= 0.3 is 0 Å². The first-order valence-corrected chi connectivity index (χ1v) is 8.69. The third-order valence-corrected chi connectivity index (χ3v) is 4.19. The van der Waals surface area contributed by atoms with E-state index < -0.39 is 5.41 Å². The number of carbonyl (C=O) groups is 1. The van der Waals surface area contributed by atoms with E-state index in [0.29, 0.717) is 17.4 Å². The van der Waals surface area contributed by atoms with Gasteiger partial charge < -0.3 is 0 Å². The monoisotopic (exact) mass is 371 g/mol. The van der Waals surface area contributed by atoms with E-state index in [9.17, 15) is 4.79 Å². The summed E-state index contributed by atoms with van der Waals surface area (Å²) in [5.74, 6) is 0.625. The average molecular weight is 372 g/mol. The minimum absolute atomic E-state index is 0.0578. The van der Waals surface area contributed by atoms with E-state index in [1.165, 1.54) is 6.20 Å². The highest BCUT2D eigenvalue weighted by Crippen LogP contribution is 2.25. The molecular formula is C19H22ClN5O. The molecule has 1 aromatic heterocycles.